The molecule has 216 valence electrons. The number of ether oxygens (including phenoxy) is 2. The minimum Gasteiger partial charge on any atom is -0.493 e. The van der Waals surface area contributed by atoms with E-state index in [0.717, 1.165) is 16.0 Å². The van der Waals surface area contributed by atoms with Gasteiger partial charge in [-0.2, -0.15) is 0 Å². The third-order valence-corrected chi connectivity index (χ3v) is 8.68. The van der Waals surface area contributed by atoms with Crippen LogP contribution in [0, 0.1) is 0 Å². The molecule has 0 aliphatic carbocycles. The predicted octanol–water partition coefficient (Wildman–Crippen LogP) is 4.16. The number of nitrogens with zero attached hydrogens (tertiary/aromatic N) is 2. The fraction of sp³-hybridized carbons (Fsp3) is 0.138. The lowest BCUT2D eigenvalue weighted by Crippen LogP contribution is -2.30. The summed E-state index contributed by atoms with van der Waals surface area (Å²) in [5.74, 6) is 0.329. The number of benzene rings is 3. The third-order valence-electron chi connectivity index (χ3n) is 6.34. The van der Waals surface area contributed by atoms with Gasteiger partial charge in [0.1, 0.15) is 11.0 Å². The first kappa shape index (κ1) is 29.3. The molecule has 0 saturated heterocycles. The number of hydrogen-bond acceptors (Lipinski definition) is 8. The van der Waals surface area contributed by atoms with Gasteiger partial charge in [-0.25, -0.2) is 18.5 Å². The first-order valence-corrected chi connectivity index (χ1v) is 15.3. The molecule has 3 aromatic carbocycles. The van der Waals surface area contributed by atoms with Gasteiger partial charge >= 0.3 is 0 Å². The van der Waals surface area contributed by atoms with Crippen molar-refractivity contribution in [3.63, 3.8) is 0 Å². The molecule has 2 aromatic heterocycles. The maximum absolute atomic E-state index is 13.3. The summed E-state index contributed by atoms with van der Waals surface area (Å²) < 4.78 is 35.8. The molecule has 2 heterocycles. The lowest BCUT2D eigenvalue weighted by Gasteiger charge is -2.13. The van der Waals surface area contributed by atoms with Crippen molar-refractivity contribution in [2.75, 3.05) is 20.3 Å². The van der Waals surface area contributed by atoms with Crippen molar-refractivity contribution >= 4 is 49.1 Å². The van der Waals surface area contributed by atoms with E-state index in [9.17, 15) is 18.0 Å². The van der Waals surface area contributed by atoms with Gasteiger partial charge < -0.3 is 14.8 Å². The van der Waals surface area contributed by atoms with Crippen LogP contribution >= 0.6 is 22.9 Å². The number of rotatable bonds is 10. The largest absolute Gasteiger partial charge is 0.493 e. The number of methoxy groups -OCH3 is 1. The summed E-state index contributed by atoms with van der Waals surface area (Å²) in [6.45, 7) is 0.0734. The molecule has 10 nitrogen and oxygen atoms in total. The Kier molecular flexibility index (Phi) is 8.59. The van der Waals surface area contributed by atoms with Crippen LogP contribution in [0.1, 0.15) is 5.56 Å². The molecule has 5 rings (SSSR count). The van der Waals surface area contributed by atoms with Crippen LogP contribution in [-0.4, -0.2) is 44.1 Å². The zero-order valence-electron chi connectivity index (χ0n) is 22.2. The van der Waals surface area contributed by atoms with Crippen LogP contribution in [0.5, 0.6) is 11.5 Å². The zero-order chi connectivity index (χ0) is 29.9. The number of carbonyl (C=O) groups excluding carboxylic acids is 1. The van der Waals surface area contributed by atoms with Gasteiger partial charge in [0.2, 0.25) is 10.0 Å². The Labute approximate surface area is 250 Å². The predicted molar refractivity (Wildman–Crippen MR) is 162 cm³/mol. The lowest BCUT2D eigenvalue weighted by molar-refractivity contribution is -0.123. The van der Waals surface area contributed by atoms with Gasteiger partial charge in [0, 0.05) is 22.5 Å². The second kappa shape index (κ2) is 12.3. The molecular weight excluding hydrogens is 600 g/mol. The van der Waals surface area contributed by atoms with E-state index >= 15 is 0 Å². The van der Waals surface area contributed by atoms with Gasteiger partial charge in [0.25, 0.3) is 11.5 Å². The van der Waals surface area contributed by atoms with E-state index in [1.165, 1.54) is 41.5 Å². The van der Waals surface area contributed by atoms with Gasteiger partial charge in [-0.05, 0) is 60.0 Å². The highest BCUT2D eigenvalue weighted by molar-refractivity contribution is 7.89. The van der Waals surface area contributed by atoms with E-state index in [1.807, 2.05) is 18.2 Å². The summed E-state index contributed by atoms with van der Waals surface area (Å²) >= 11 is 7.35. The quantitative estimate of drug-likeness (QED) is 0.237. The van der Waals surface area contributed by atoms with Crippen LogP contribution in [-0.2, 0) is 21.2 Å². The van der Waals surface area contributed by atoms with Gasteiger partial charge in [-0.15, -0.1) is 11.3 Å². The molecule has 0 bridgehead atoms. The highest BCUT2D eigenvalue weighted by atomic mass is 35.5. The number of carbonyl (C=O) groups is 1. The van der Waals surface area contributed by atoms with Crippen molar-refractivity contribution < 1.29 is 22.7 Å². The molecule has 5 aromatic rings. The fourth-order valence-corrected chi connectivity index (χ4v) is 5.85. The van der Waals surface area contributed by atoms with E-state index < -0.39 is 10.0 Å². The van der Waals surface area contributed by atoms with Gasteiger partial charge in [0.05, 0.1) is 23.2 Å². The minimum atomic E-state index is -3.75. The molecule has 3 N–H and O–H groups in total. The number of nitrogens with one attached hydrogen (secondary N) is 1. The molecule has 42 heavy (non-hydrogen) atoms. The summed E-state index contributed by atoms with van der Waals surface area (Å²) in [6.07, 6.45) is 1.96. The second-order valence-electron chi connectivity index (χ2n) is 9.16. The molecule has 0 unspecified atom stereocenters. The summed E-state index contributed by atoms with van der Waals surface area (Å²) in [7, 11) is -2.28. The third kappa shape index (κ3) is 6.63. The van der Waals surface area contributed by atoms with Crippen molar-refractivity contribution in [1.29, 1.82) is 0 Å². The van der Waals surface area contributed by atoms with E-state index in [1.54, 1.807) is 42.5 Å². The summed E-state index contributed by atoms with van der Waals surface area (Å²) in [6, 6.07) is 20.3. The molecule has 0 saturated carbocycles. The minimum absolute atomic E-state index is 0.0279. The standard InChI is InChI=1S/C29H25ClN4O6S2/c1-39-25-14-21(34-17-33-23-15-26(41-28(23)29(34)36)19-4-6-20(30)7-5-19)8-11-24(25)40-16-27(35)32-13-12-18-2-9-22(10-3-18)42(31,37)38/h2-11,14-15,17H,12-13,16H2,1H3,(H,32,35)(H2,31,37,38). The number of aromatic nitrogens is 2. The van der Waals surface area contributed by atoms with E-state index in [2.05, 4.69) is 10.3 Å². The topological polar surface area (TPSA) is 143 Å². The molecule has 0 atom stereocenters. The number of primary sulfonamides is 1. The van der Waals surface area contributed by atoms with E-state index in [4.69, 9.17) is 26.2 Å². The Hall–Kier alpha value is -4.23. The van der Waals surface area contributed by atoms with Crippen molar-refractivity contribution in [2.45, 2.75) is 11.3 Å². The summed E-state index contributed by atoms with van der Waals surface area (Å²) in [4.78, 5) is 31.1. The van der Waals surface area contributed by atoms with Gasteiger partial charge in [-0.1, -0.05) is 35.9 Å². The van der Waals surface area contributed by atoms with Crippen LogP contribution in [0.15, 0.2) is 88.8 Å². The average molecular weight is 625 g/mol. The summed E-state index contributed by atoms with van der Waals surface area (Å²) in [5.41, 5.74) is 2.69. The van der Waals surface area contributed by atoms with Crippen molar-refractivity contribution in [1.82, 2.24) is 14.9 Å². The molecule has 0 fully saturated rings. The highest BCUT2D eigenvalue weighted by Crippen LogP contribution is 2.33. The normalized spacial score (nSPS) is 11.4. The molecule has 0 aliphatic rings. The number of nitrogens with two attached hydrogens (primary N) is 1. The lowest BCUT2D eigenvalue weighted by atomic mass is 10.1. The van der Waals surface area contributed by atoms with Crippen LogP contribution < -0.4 is 25.5 Å². The molecule has 1 amide bonds. The SMILES string of the molecule is COc1cc(-n2cnc3cc(-c4ccc(Cl)cc4)sc3c2=O)ccc1OCC(=O)NCCc1ccc(S(N)(=O)=O)cc1. The Balaban J connectivity index is 1.23. The van der Waals surface area contributed by atoms with Gasteiger partial charge in [0.15, 0.2) is 18.1 Å². The number of hydrogen-bond donors (Lipinski definition) is 2. The summed E-state index contributed by atoms with van der Waals surface area (Å²) in [5, 5.41) is 8.50. The monoisotopic (exact) mass is 624 g/mol. The number of fused-ring (bicyclic) bond motifs is 1. The molecule has 0 aliphatic heterocycles. The Morgan fingerprint density at radius 2 is 1.79 bits per heavy atom. The van der Waals surface area contributed by atoms with Crippen LogP contribution in [0.4, 0.5) is 0 Å². The fourth-order valence-electron chi connectivity index (χ4n) is 4.16. The zero-order valence-corrected chi connectivity index (χ0v) is 24.6. The second-order valence-corrected chi connectivity index (χ2v) is 12.2. The van der Waals surface area contributed by atoms with Crippen LogP contribution in [0.3, 0.4) is 0 Å². The molecular formula is C29H25ClN4O6S2. The number of sulfonamides is 1. The maximum Gasteiger partial charge on any atom is 0.275 e. The van der Waals surface area contributed by atoms with E-state index in [0.29, 0.717) is 45.4 Å². The smallest absolute Gasteiger partial charge is 0.275 e. The van der Waals surface area contributed by atoms with E-state index in [-0.39, 0.29) is 23.0 Å². The van der Waals surface area contributed by atoms with Crippen molar-refractivity contribution in [3.8, 4) is 27.6 Å². The Morgan fingerprint density at radius 3 is 2.48 bits per heavy atom. The first-order valence-electron chi connectivity index (χ1n) is 12.6. The van der Waals surface area contributed by atoms with Gasteiger partial charge in [-0.3, -0.25) is 14.2 Å². The molecule has 13 heteroatoms. The number of halogens is 1. The molecule has 0 spiro atoms. The number of thiophene rings is 1. The Bertz CT molecular complexity index is 1920. The van der Waals surface area contributed by atoms with Crippen LogP contribution in [0.2, 0.25) is 5.02 Å². The molecule has 0 radical (unpaired) electrons. The highest BCUT2D eigenvalue weighted by Gasteiger charge is 2.14. The average Bonchev–Trinajstić information content (AvgIpc) is 3.42. The Morgan fingerprint density at radius 1 is 1.05 bits per heavy atom. The maximum atomic E-state index is 13.3. The first-order chi connectivity index (χ1) is 20.1. The number of amides is 1. The van der Waals surface area contributed by atoms with Crippen molar-refractivity contribution in [2.24, 2.45) is 5.14 Å². The van der Waals surface area contributed by atoms with Crippen molar-refractivity contribution in [3.05, 3.63) is 100 Å². The van der Waals surface area contributed by atoms with Crippen LogP contribution in [0.25, 0.3) is 26.3 Å².